The monoisotopic (exact) mass is 199 g/mol. The van der Waals surface area contributed by atoms with Crippen LogP contribution in [0.5, 0.6) is 0 Å². The highest BCUT2D eigenvalue weighted by Gasteiger charge is 2.02. The molecule has 14 heavy (non-hydrogen) atoms. The van der Waals surface area contributed by atoms with Gasteiger partial charge in [-0.2, -0.15) is 0 Å². The Kier molecular flexibility index (Phi) is 1.58. The minimum Gasteiger partial charge on any atom is -0.355 e. The largest absolute Gasteiger partial charge is 0.355 e. The molecule has 2 aromatic carbocycles. The van der Waals surface area contributed by atoms with Gasteiger partial charge in [0.15, 0.2) is 0 Å². The minimum atomic E-state index is 1.00. The zero-order valence-corrected chi connectivity index (χ0v) is 8.38. The van der Waals surface area contributed by atoms with E-state index >= 15 is 0 Å². The average molecular weight is 199 g/mol. The molecule has 0 aliphatic heterocycles. The Labute approximate surface area is 87.2 Å². The smallest absolute Gasteiger partial charge is 0.0465 e. The van der Waals surface area contributed by atoms with Gasteiger partial charge in [-0.25, -0.2) is 0 Å². The maximum atomic E-state index is 4.35. The Morgan fingerprint density at radius 3 is 2.57 bits per heavy atom. The second-order valence-corrected chi connectivity index (χ2v) is 3.92. The van der Waals surface area contributed by atoms with Crippen LogP contribution < -0.4 is 0 Å². The van der Waals surface area contributed by atoms with Crippen molar-refractivity contribution >= 4 is 34.4 Å². The molecule has 0 saturated heterocycles. The molecule has 2 heteroatoms. The van der Waals surface area contributed by atoms with Crippen molar-refractivity contribution in [3.8, 4) is 0 Å². The highest BCUT2D eigenvalue weighted by Crippen LogP contribution is 2.26. The summed E-state index contributed by atoms with van der Waals surface area (Å²) in [6.45, 7) is 0. The first kappa shape index (κ1) is 7.94. The van der Waals surface area contributed by atoms with Gasteiger partial charge in [-0.3, -0.25) is 0 Å². The molecule has 0 atom stereocenters. The van der Waals surface area contributed by atoms with E-state index in [1.807, 2.05) is 12.1 Å². The molecule has 1 nitrogen and oxygen atoms in total. The van der Waals surface area contributed by atoms with Crippen LogP contribution in [-0.2, 0) is 0 Å². The molecular formula is C12H9NS. The third-order valence-electron chi connectivity index (χ3n) is 2.49. The Hall–Kier alpha value is -1.41. The van der Waals surface area contributed by atoms with E-state index < -0.39 is 0 Å². The number of para-hydroxylation sites is 1. The summed E-state index contributed by atoms with van der Waals surface area (Å²) < 4.78 is 0. The van der Waals surface area contributed by atoms with E-state index in [0.29, 0.717) is 0 Å². The number of fused-ring (bicyclic) bond motifs is 3. The summed E-state index contributed by atoms with van der Waals surface area (Å²) in [6, 6.07) is 14.5. The van der Waals surface area contributed by atoms with Crippen molar-refractivity contribution < 1.29 is 0 Å². The van der Waals surface area contributed by atoms with Crippen molar-refractivity contribution in [3.05, 3.63) is 42.5 Å². The van der Waals surface area contributed by atoms with Gasteiger partial charge in [-0.15, -0.1) is 12.6 Å². The third-order valence-corrected chi connectivity index (χ3v) is 2.77. The van der Waals surface area contributed by atoms with Crippen molar-refractivity contribution in [2.24, 2.45) is 0 Å². The highest BCUT2D eigenvalue weighted by atomic mass is 32.1. The maximum absolute atomic E-state index is 4.35. The van der Waals surface area contributed by atoms with Crippen molar-refractivity contribution in [3.63, 3.8) is 0 Å². The van der Waals surface area contributed by atoms with Crippen LogP contribution in [0.1, 0.15) is 0 Å². The molecule has 0 saturated carbocycles. The van der Waals surface area contributed by atoms with Crippen molar-refractivity contribution in [2.75, 3.05) is 0 Å². The van der Waals surface area contributed by atoms with Crippen molar-refractivity contribution in [1.82, 2.24) is 4.98 Å². The van der Waals surface area contributed by atoms with E-state index in [2.05, 4.69) is 47.9 Å². The van der Waals surface area contributed by atoms with E-state index in [-0.39, 0.29) is 0 Å². The first-order valence-electron chi connectivity index (χ1n) is 4.54. The van der Waals surface area contributed by atoms with E-state index in [1.165, 1.54) is 21.8 Å². The van der Waals surface area contributed by atoms with Gasteiger partial charge < -0.3 is 4.98 Å². The standard InChI is InChI=1S/C12H9NS/c14-8-5-6-12-10(7-8)9-3-1-2-4-11(9)13-12/h1-7,13-14H. The van der Waals surface area contributed by atoms with Crippen LogP contribution in [0.15, 0.2) is 47.4 Å². The van der Waals surface area contributed by atoms with Crippen LogP contribution >= 0.6 is 12.6 Å². The second-order valence-electron chi connectivity index (χ2n) is 3.40. The lowest BCUT2D eigenvalue weighted by Gasteiger charge is -1.92. The molecule has 1 N–H and O–H groups in total. The summed E-state index contributed by atoms with van der Waals surface area (Å²) in [7, 11) is 0. The van der Waals surface area contributed by atoms with Gasteiger partial charge in [-0.1, -0.05) is 18.2 Å². The molecule has 0 bridgehead atoms. The van der Waals surface area contributed by atoms with Gasteiger partial charge in [0.2, 0.25) is 0 Å². The molecule has 0 amide bonds. The number of aromatic amines is 1. The third kappa shape index (κ3) is 1.04. The van der Waals surface area contributed by atoms with Gasteiger partial charge in [0, 0.05) is 26.7 Å². The second kappa shape index (κ2) is 2.79. The van der Waals surface area contributed by atoms with Gasteiger partial charge in [0.1, 0.15) is 0 Å². The molecular weight excluding hydrogens is 190 g/mol. The Morgan fingerprint density at radius 1 is 0.857 bits per heavy atom. The predicted molar refractivity (Wildman–Crippen MR) is 63.1 cm³/mol. The molecule has 3 aromatic rings. The van der Waals surface area contributed by atoms with Crippen LogP contribution in [0.3, 0.4) is 0 Å². The van der Waals surface area contributed by atoms with Gasteiger partial charge >= 0.3 is 0 Å². The van der Waals surface area contributed by atoms with Gasteiger partial charge in [0.25, 0.3) is 0 Å². The van der Waals surface area contributed by atoms with Crippen LogP contribution in [0.4, 0.5) is 0 Å². The number of hydrogen-bond donors (Lipinski definition) is 2. The molecule has 3 rings (SSSR count). The summed E-state index contributed by atoms with van der Waals surface area (Å²) in [6.07, 6.45) is 0. The van der Waals surface area contributed by atoms with E-state index in [1.54, 1.807) is 0 Å². The number of benzene rings is 2. The van der Waals surface area contributed by atoms with Crippen LogP contribution in [-0.4, -0.2) is 4.98 Å². The number of nitrogens with one attached hydrogen (secondary N) is 1. The molecule has 68 valence electrons. The first-order valence-corrected chi connectivity index (χ1v) is 4.99. The number of H-pyrrole nitrogens is 1. The maximum Gasteiger partial charge on any atom is 0.0465 e. The fourth-order valence-electron chi connectivity index (χ4n) is 1.84. The topological polar surface area (TPSA) is 15.8 Å². The summed E-state index contributed by atoms with van der Waals surface area (Å²) in [5.41, 5.74) is 2.35. The lowest BCUT2D eigenvalue weighted by atomic mass is 10.1. The van der Waals surface area contributed by atoms with E-state index in [0.717, 1.165) is 4.90 Å². The molecule has 0 aliphatic rings. The number of thiol groups is 1. The lowest BCUT2D eigenvalue weighted by molar-refractivity contribution is 1.49. The molecule has 1 aromatic heterocycles. The van der Waals surface area contributed by atoms with Crippen LogP contribution in [0.2, 0.25) is 0 Å². The molecule has 1 heterocycles. The Morgan fingerprint density at radius 2 is 1.64 bits per heavy atom. The molecule has 0 aliphatic carbocycles. The number of aromatic nitrogens is 1. The van der Waals surface area contributed by atoms with Crippen LogP contribution in [0, 0.1) is 0 Å². The van der Waals surface area contributed by atoms with E-state index in [4.69, 9.17) is 0 Å². The van der Waals surface area contributed by atoms with Crippen LogP contribution in [0.25, 0.3) is 21.8 Å². The molecule has 0 radical (unpaired) electrons. The fraction of sp³-hybridized carbons (Fsp3) is 0. The summed E-state index contributed by atoms with van der Waals surface area (Å²) >= 11 is 4.35. The Bertz CT molecular complexity index is 610. The average Bonchev–Trinajstić information content (AvgIpc) is 2.56. The summed E-state index contributed by atoms with van der Waals surface area (Å²) in [4.78, 5) is 4.37. The van der Waals surface area contributed by atoms with Crippen molar-refractivity contribution in [2.45, 2.75) is 4.90 Å². The number of rotatable bonds is 0. The summed E-state index contributed by atoms with van der Waals surface area (Å²) in [5, 5.41) is 2.51. The zero-order chi connectivity index (χ0) is 9.54. The Balaban J connectivity index is 2.58. The zero-order valence-electron chi connectivity index (χ0n) is 7.49. The van der Waals surface area contributed by atoms with Gasteiger partial charge in [0.05, 0.1) is 0 Å². The SMILES string of the molecule is Sc1ccc2[nH]c3ccccc3c2c1. The van der Waals surface area contributed by atoms with E-state index in [9.17, 15) is 0 Å². The molecule has 0 unspecified atom stereocenters. The van der Waals surface area contributed by atoms with Gasteiger partial charge in [-0.05, 0) is 24.3 Å². The summed E-state index contributed by atoms with van der Waals surface area (Å²) in [5.74, 6) is 0. The molecule has 0 fully saturated rings. The first-order chi connectivity index (χ1) is 6.84. The van der Waals surface area contributed by atoms with Crippen molar-refractivity contribution in [1.29, 1.82) is 0 Å². The predicted octanol–water partition coefficient (Wildman–Crippen LogP) is 3.61. The minimum absolute atomic E-state index is 1.00. The fourth-order valence-corrected chi connectivity index (χ4v) is 2.04. The normalized spacial score (nSPS) is 11.2. The number of hydrogen-bond acceptors (Lipinski definition) is 1. The highest BCUT2D eigenvalue weighted by molar-refractivity contribution is 7.80. The quantitative estimate of drug-likeness (QED) is 0.514. The molecule has 0 spiro atoms. The lowest BCUT2D eigenvalue weighted by Crippen LogP contribution is -1.67.